The highest BCUT2D eigenvalue weighted by Gasteiger charge is 2.21. The van der Waals surface area contributed by atoms with E-state index < -0.39 is 0 Å². The van der Waals surface area contributed by atoms with Gasteiger partial charge in [0, 0.05) is 18.8 Å². The second kappa shape index (κ2) is 7.39. The number of aromatic nitrogens is 2. The minimum atomic E-state index is -0.306. The quantitative estimate of drug-likeness (QED) is 0.743. The van der Waals surface area contributed by atoms with Crippen LogP contribution in [0, 0.1) is 6.92 Å². The van der Waals surface area contributed by atoms with Crippen LogP contribution in [0.4, 0.5) is 0 Å². The van der Waals surface area contributed by atoms with Crippen LogP contribution >= 0.6 is 0 Å². The highest BCUT2D eigenvalue weighted by atomic mass is 16.2. The average Bonchev–Trinajstić information content (AvgIpc) is 3.00. The van der Waals surface area contributed by atoms with E-state index in [1.807, 2.05) is 51.1 Å². The largest absolute Gasteiger partial charge is 0.347 e. The third-order valence-corrected chi connectivity index (χ3v) is 4.09. The van der Waals surface area contributed by atoms with Crippen molar-refractivity contribution in [1.29, 1.82) is 0 Å². The molecule has 26 heavy (non-hydrogen) atoms. The molecule has 134 valence electrons. The normalized spacial score (nSPS) is 10.9. The van der Waals surface area contributed by atoms with E-state index in [2.05, 4.69) is 15.6 Å². The molecule has 0 atom stereocenters. The number of imidazole rings is 1. The lowest BCUT2D eigenvalue weighted by Gasteiger charge is -2.06. The van der Waals surface area contributed by atoms with Crippen LogP contribution < -0.4 is 10.6 Å². The van der Waals surface area contributed by atoms with Crippen molar-refractivity contribution in [2.75, 3.05) is 0 Å². The molecule has 0 radical (unpaired) electrons. The van der Waals surface area contributed by atoms with Crippen LogP contribution in [0.2, 0.25) is 0 Å². The minimum Gasteiger partial charge on any atom is -0.347 e. The van der Waals surface area contributed by atoms with Crippen molar-refractivity contribution < 1.29 is 9.59 Å². The molecule has 2 heterocycles. The summed E-state index contributed by atoms with van der Waals surface area (Å²) in [4.78, 5) is 29.4. The summed E-state index contributed by atoms with van der Waals surface area (Å²) in [6.07, 6.45) is 1.73. The number of rotatable bonds is 5. The van der Waals surface area contributed by atoms with Gasteiger partial charge in [-0.2, -0.15) is 0 Å². The van der Waals surface area contributed by atoms with Gasteiger partial charge in [-0.3, -0.25) is 14.0 Å². The Labute approximate surface area is 152 Å². The standard InChI is InChI=1S/C20H22N4O2/c1-13(2)22-20(26)18-23-17(16-10-6-7-11-24(16)18)19(25)21-12-15-9-5-4-8-14(15)3/h4-11,13H,12H2,1-3H3,(H,21,25)(H,22,26). The fourth-order valence-electron chi connectivity index (χ4n) is 2.76. The molecule has 3 rings (SSSR count). The molecular formula is C20H22N4O2. The van der Waals surface area contributed by atoms with Gasteiger partial charge in [-0.25, -0.2) is 4.98 Å². The van der Waals surface area contributed by atoms with E-state index >= 15 is 0 Å². The third-order valence-electron chi connectivity index (χ3n) is 4.09. The van der Waals surface area contributed by atoms with Crippen molar-refractivity contribution in [3.05, 3.63) is 71.3 Å². The number of nitrogens with one attached hydrogen (secondary N) is 2. The molecule has 0 aliphatic carbocycles. The summed E-state index contributed by atoms with van der Waals surface area (Å²) in [5, 5.41) is 5.71. The van der Waals surface area contributed by atoms with Crippen LogP contribution in [0.5, 0.6) is 0 Å². The summed E-state index contributed by atoms with van der Waals surface area (Å²) in [6.45, 7) is 6.17. The fraction of sp³-hybridized carbons (Fsp3) is 0.250. The lowest BCUT2D eigenvalue weighted by Crippen LogP contribution is -2.31. The molecule has 0 saturated carbocycles. The lowest BCUT2D eigenvalue weighted by atomic mass is 10.1. The van der Waals surface area contributed by atoms with Crippen LogP contribution in [-0.4, -0.2) is 27.2 Å². The molecule has 3 aromatic rings. The maximum atomic E-state index is 12.7. The van der Waals surface area contributed by atoms with Crippen molar-refractivity contribution in [2.45, 2.75) is 33.4 Å². The SMILES string of the molecule is Cc1ccccc1CNC(=O)c1nc(C(=O)NC(C)C)n2ccccc12. The number of fused-ring (bicyclic) bond motifs is 1. The van der Waals surface area contributed by atoms with E-state index in [1.165, 1.54) is 0 Å². The molecule has 0 fully saturated rings. The molecule has 6 heteroatoms. The molecule has 2 N–H and O–H groups in total. The zero-order chi connectivity index (χ0) is 18.7. The van der Waals surface area contributed by atoms with Crippen LogP contribution in [0.15, 0.2) is 48.7 Å². The van der Waals surface area contributed by atoms with Crippen LogP contribution in [0.25, 0.3) is 5.52 Å². The van der Waals surface area contributed by atoms with E-state index in [0.29, 0.717) is 12.1 Å². The number of carbonyl (C=O) groups excluding carboxylic acids is 2. The number of pyridine rings is 1. The van der Waals surface area contributed by atoms with Gasteiger partial charge in [-0.1, -0.05) is 30.3 Å². The maximum Gasteiger partial charge on any atom is 0.287 e. The summed E-state index contributed by atoms with van der Waals surface area (Å²) in [6, 6.07) is 13.3. The molecule has 0 aliphatic heterocycles. The molecule has 2 amide bonds. The molecule has 0 saturated heterocycles. The summed E-state index contributed by atoms with van der Waals surface area (Å²) in [5.74, 6) is -0.407. The van der Waals surface area contributed by atoms with Gasteiger partial charge in [0.05, 0.1) is 5.52 Å². The highest BCUT2D eigenvalue weighted by Crippen LogP contribution is 2.14. The monoisotopic (exact) mass is 350 g/mol. The van der Waals surface area contributed by atoms with Crippen molar-refractivity contribution in [1.82, 2.24) is 20.0 Å². The molecule has 0 bridgehead atoms. The highest BCUT2D eigenvalue weighted by molar-refractivity contribution is 6.02. The van der Waals surface area contributed by atoms with Crippen LogP contribution in [0.1, 0.15) is 46.1 Å². The van der Waals surface area contributed by atoms with Gasteiger partial charge < -0.3 is 10.6 Å². The van der Waals surface area contributed by atoms with E-state index in [1.54, 1.807) is 22.7 Å². The van der Waals surface area contributed by atoms with Crippen LogP contribution in [-0.2, 0) is 6.54 Å². The van der Waals surface area contributed by atoms with Gasteiger partial charge in [0.2, 0.25) is 5.82 Å². The first-order valence-corrected chi connectivity index (χ1v) is 8.58. The zero-order valence-corrected chi connectivity index (χ0v) is 15.1. The summed E-state index contributed by atoms with van der Waals surface area (Å²) >= 11 is 0. The molecular weight excluding hydrogens is 328 g/mol. The molecule has 2 aromatic heterocycles. The smallest absolute Gasteiger partial charge is 0.287 e. The third kappa shape index (κ3) is 3.59. The van der Waals surface area contributed by atoms with Gasteiger partial charge in [0.25, 0.3) is 11.8 Å². The first kappa shape index (κ1) is 17.7. The summed E-state index contributed by atoms with van der Waals surface area (Å²) < 4.78 is 1.64. The topological polar surface area (TPSA) is 75.5 Å². The van der Waals surface area contributed by atoms with Gasteiger partial charge >= 0.3 is 0 Å². The number of hydrogen-bond donors (Lipinski definition) is 2. The Balaban J connectivity index is 1.88. The Morgan fingerprint density at radius 3 is 2.54 bits per heavy atom. The van der Waals surface area contributed by atoms with E-state index in [0.717, 1.165) is 11.1 Å². The molecule has 1 aromatic carbocycles. The predicted molar refractivity (Wildman–Crippen MR) is 100 cm³/mol. The zero-order valence-electron chi connectivity index (χ0n) is 15.1. The van der Waals surface area contributed by atoms with Crippen molar-refractivity contribution in [2.24, 2.45) is 0 Å². The van der Waals surface area contributed by atoms with E-state index in [9.17, 15) is 9.59 Å². The number of amides is 2. The molecule has 0 spiro atoms. The predicted octanol–water partition coefficient (Wildman–Crippen LogP) is 2.71. The summed E-state index contributed by atoms with van der Waals surface area (Å²) in [7, 11) is 0. The Bertz CT molecular complexity index is 959. The number of aryl methyl sites for hydroxylation is 1. The van der Waals surface area contributed by atoms with E-state index in [4.69, 9.17) is 0 Å². The number of hydrogen-bond acceptors (Lipinski definition) is 3. The van der Waals surface area contributed by atoms with Crippen molar-refractivity contribution >= 4 is 17.3 Å². The molecule has 6 nitrogen and oxygen atoms in total. The van der Waals surface area contributed by atoms with Gasteiger partial charge in [0.1, 0.15) is 0 Å². The first-order chi connectivity index (χ1) is 12.5. The Morgan fingerprint density at radius 1 is 1.08 bits per heavy atom. The van der Waals surface area contributed by atoms with E-state index in [-0.39, 0.29) is 29.4 Å². The van der Waals surface area contributed by atoms with Gasteiger partial charge in [-0.15, -0.1) is 0 Å². The number of benzene rings is 1. The van der Waals surface area contributed by atoms with Crippen LogP contribution in [0.3, 0.4) is 0 Å². The fourth-order valence-corrected chi connectivity index (χ4v) is 2.76. The second-order valence-electron chi connectivity index (χ2n) is 6.48. The van der Waals surface area contributed by atoms with Crippen molar-refractivity contribution in [3.63, 3.8) is 0 Å². The Kier molecular flexibility index (Phi) is 5.02. The lowest BCUT2D eigenvalue weighted by molar-refractivity contribution is 0.0932. The number of carbonyl (C=O) groups is 2. The summed E-state index contributed by atoms with van der Waals surface area (Å²) in [5.41, 5.74) is 3.00. The minimum absolute atomic E-state index is 0.0168. The molecule has 0 aliphatic rings. The average molecular weight is 350 g/mol. The molecule has 0 unspecified atom stereocenters. The first-order valence-electron chi connectivity index (χ1n) is 8.58. The second-order valence-corrected chi connectivity index (χ2v) is 6.48. The van der Waals surface area contributed by atoms with Gasteiger partial charge in [-0.05, 0) is 44.0 Å². The Morgan fingerprint density at radius 2 is 1.81 bits per heavy atom. The van der Waals surface area contributed by atoms with Gasteiger partial charge in [0.15, 0.2) is 5.69 Å². The number of nitrogens with zero attached hydrogens (tertiary/aromatic N) is 2. The van der Waals surface area contributed by atoms with Crippen molar-refractivity contribution in [3.8, 4) is 0 Å². The maximum absolute atomic E-state index is 12.7. The Hall–Kier alpha value is -3.15.